The lowest BCUT2D eigenvalue weighted by Crippen LogP contribution is -2.19. The van der Waals surface area contributed by atoms with Crippen molar-refractivity contribution in [3.8, 4) is 0 Å². The Bertz CT molecular complexity index is 168. The summed E-state index contributed by atoms with van der Waals surface area (Å²) < 4.78 is 0. The zero-order valence-electron chi connectivity index (χ0n) is 9.08. The van der Waals surface area contributed by atoms with Crippen LogP contribution < -0.4 is 0 Å². The highest BCUT2D eigenvalue weighted by molar-refractivity contribution is 5.54. The van der Waals surface area contributed by atoms with Gasteiger partial charge in [0.1, 0.15) is 6.29 Å². The molecule has 0 aliphatic heterocycles. The minimum Gasteiger partial charge on any atom is -0.303 e. The molecule has 1 heteroatoms. The van der Waals surface area contributed by atoms with Gasteiger partial charge in [-0.2, -0.15) is 0 Å². The van der Waals surface area contributed by atoms with Gasteiger partial charge in [-0.05, 0) is 38.0 Å². The van der Waals surface area contributed by atoms with E-state index in [0.717, 1.165) is 19.3 Å². The zero-order valence-corrected chi connectivity index (χ0v) is 9.08. The fourth-order valence-corrected chi connectivity index (χ4v) is 2.48. The van der Waals surface area contributed by atoms with Crippen LogP contribution in [0.3, 0.4) is 0 Å². The van der Waals surface area contributed by atoms with Crippen molar-refractivity contribution in [3.63, 3.8) is 0 Å². The second-order valence-corrected chi connectivity index (χ2v) is 4.42. The zero-order chi connectivity index (χ0) is 10.2. The molecule has 1 rings (SSSR count). The van der Waals surface area contributed by atoms with Crippen LogP contribution in [0.2, 0.25) is 0 Å². The van der Waals surface area contributed by atoms with Crippen molar-refractivity contribution in [2.24, 2.45) is 11.8 Å². The average molecular weight is 194 g/mol. The lowest BCUT2D eigenvalue weighted by molar-refractivity contribution is -0.113. The molecule has 1 fully saturated rings. The van der Waals surface area contributed by atoms with Crippen LogP contribution in [0.5, 0.6) is 0 Å². The summed E-state index contributed by atoms with van der Waals surface area (Å²) in [5.41, 5.74) is 0. The Hall–Kier alpha value is -0.590. The van der Waals surface area contributed by atoms with Crippen molar-refractivity contribution in [1.29, 1.82) is 0 Å². The standard InChI is InChI=1S/C13H22O/c1-2-3-5-10-13(11-14)12-8-6-4-7-9-12/h2,11-13H,1,3-10H2. The van der Waals surface area contributed by atoms with Crippen LogP contribution in [-0.2, 0) is 4.79 Å². The molecule has 1 nitrogen and oxygen atoms in total. The number of hydrogen-bond acceptors (Lipinski definition) is 1. The fourth-order valence-electron chi connectivity index (χ4n) is 2.48. The minimum atomic E-state index is 0.329. The molecule has 0 heterocycles. The molecule has 0 radical (unpaired) electrons. The maximum Gasteiger partial charge on any atom is 0.123 e. The third-order valence-electron chi connectivity index (χ3n) is 3.38. The first kappa shape index (κ1) is 11.5. The number of rotatable bonds is 6. The quantitative estimate of drug-likeness (QED) is 0.357. The first-order chi connectivity index (χ1) is 6.88. The molecule has 1 aliphatic rings. The van der Waals surface area contributed by atoms with Gasteiger partial charge in [-0.1, -0.05) is 25.3 Å². The first-order valence-corrected chi connectivity index (χ1v) is 5.94. The molecule has 0 saturated heterocycles. The Kier molecular flexibility index (Phi) is 5.58. The van der Waals surface area contributed by atoms with E-state index in [-0.39, 0.29) is 0 Å². The van der Waals surface area contributed by atoms with Gasteiger partial charge < -0.3 is 4.79 Å². The molecule has 1 unspecified atom stereocenters. The summed E-state index contributed by atoms with van der Waals surface area (Å²) in [6.07, 6.45) is 13.0. The van der Waals surface area contributed by atoms with E-state index in [1.807, 2.05) is 6.08 Å². The molecule has 0 N–H and O–H groups in total. The molecule has 1 aliphatic carbocycles. The molecule has 1 atom stereocenters. The van der Waals surface area contributed by atoms with Crippen molar-refractivity contribution in [3.05, 3.63) is 12.7 Å². The van der Waals surface area contributed by atoms with Crippen molar-refractivity contribution < 1.29 is 4.79 Å². The van der Waals surface area contributed by atoms with Gasteiger partial charge >= 0.3 is 0 Å². The van der Waals surface area contributed by atoms with Gasteiger partial charge in [0.25, 0.3) is 0 Å². The summed E-state index contributed by atoms with van der Waals surface area (Å²) in [5, 5.41) is 0. The Morgan fingerprint density at radius 1 is 1.29 bits per heavy atom. The van der Waals surface area contributed by atoms with Crippen LogP contribution in [0.25, 0.3) is 0 Å². The van der Waals surface area contributed by atoms with Crippen LogP contribution >= 0.6 is 0 Å². The van der Waals surface area contributed by atoms with Gasteiger partial charge in [-0.25, -0.2) is 0 Å². The van der Waals surface area contributed by atoms with E-state index in [9.17, 15) is 4.79 Å². The highest BCUT2D eigenvalue weighted by atomic mass is 16.1. The second kappa shape index (κ2) is 6.80. The maximum absolute atomic E-state index is 11.0. The van der Waals surface area contributed by atoms with E-state index >= 15 is 0 Å². The average Bonchev–Trinajstić information content (AvgIpc) is 2.26. The van der Waals surface area contributed by atoms with Crippen molar-refractivity contribution in [1.82, 2.24) is 0 Å². The Labute approximate surface area is 87.6 Å². The Balaban J connectivity index is 2.27. The van der Waals surface area contributed by atoms with Crippen molar-refractivity contribution >= 4 is 6.29 Å². The molecule has 14 heavy (non-hydrogen) atoms. The van der Waals surface area contributed by atoms with Crippen LogP contribution in [0.15, 0.2) is 12.7 Å². The normalized spacial score (nSPS) is 20.3. The molecular weight excluding hydrogens is 172 g/mol. The van der Waals surface area contributed by atoms with E-state index in [4.69, 9.17) is 0 Å². The van der Waals surface area contributed by atoms with E-state index in [1.165, 1.54) is 38.4 Å². The lowest BCUT2D eigenvalue weighted by Gasteiger charge is -2.26. The topological polar surface area (TPSA) is 17.1 Å². The van der Waals surface area contributed by atoms with Gasteiger partial charge in [0, 0.05) is 5.92 Å². The molecule has 0 bridgehead atoms. The lowest BCUT2D eigenvalue weighted by atomic mass is 9.78. The molecule has 0 aromatic heterocycles. The molecular formula is C13H22O. The smallest absolute Gasteiger partial charge is 0.123 e. The van der Waals surface area contributed by atoms with Crippen LogP contribution in [0.1, 0.15) is 51.4 Å². The van der Waals surface area contributed by atoms with E-state index in [2.05, 4.69) is 6.58 Å². The van der Waals surface area contributed by atoms with Gasteiger partial charge in [-0.3, -0.25) is 0 Å². The summed E-state index contributed by atoms with van der Waals surface area (Å²) >= 11 is 0. The fraction of sp³-hybridized carbons (Fsp3) is 0.769. The molecule has 0 amide bonds. The highest BCUT2D eigenvalue weighted by Crippen LogP contribution is 2.31. The third kappa shape index (κ3) is 3.65. The van der Waals surface area contributed by atoms with Gasteiger partial charge in [0.05, 0.1) is 0 Å². The monoisotopic (exact) mass is 194 g/mol. The maximum atomic E-state index is 11.0. The molecule has 0 spiro atoms. The summed E-state index contributed by atoms with van der Waals surface area (Å²) in [5.74, 6) is 1.02. The van der Waals surface area contributed by atoms with Gasteiger partial charge in [0.15, 0.2) is 0 Å². The number of hydrogen-bond donors (Lipinski definition) is 0. The summed E-state index contributed by atoms with van der Waals surface area (Å²) in [7, 11) is 0. The first-order valence-electron chi connectivity index (χ1n) is 5.94. The SMILES string of the molecule is C=CCCCC(C=O)C1CCCCC1. The molecule has 80 valence electrons. The Morgan fingerprint density at radius 3 is 2.57 bits per heavy atom. The van der Waals surface area contributed by atoms with Gasteiger partial charge in [-0.15, -0.1) is 6.58 Å². The molecule has 0 aromatic carbocycles. The van der Waals surface area contributed by atoms with Gasteiger partial charge in [0.2, 0.25) is 0 Å². The van der Waals surface area contributed by atoms with E-state index in [0.29, 0.717) is 11.8 Å². The number of carbonyl (C=O) groups excluding carboxylic acids is 1. The molecule has 1 saturated carbocycles. The van der Waals surface area contributed by atoms with Crippen LogP contribution in [-0.4, -0.2) is 6.29 Å². The number of carbonyl (C=O) groups is 1. The Morgan fingerprint density at radius 2 is 2.00 bits per heavy atom. The second-order valence-electron chi connectivity index (χ2n) is 4.42. The number of aldehydes is 1. The summed E-state index contributed by atoms with van der Waals surface area (Å²) in [6.45, 7) is 3.71. The summed E-state index contributed by atoms with van der Waals surface area (Å²) in [4.78, 5) is 11.0. The van der Waals surface area contributed by atoms with E-state index in [1.54, 1.807) is 0 Å². The minimum absolute atomic E-state index is 0.329. The number of allylic oxidation sites excluding steroid dienone is 1. The van der Waals surface area contributed by atoms with E-state index < -0.39 is 0 Å². The predicted octanol–water partition coefficient (Wildman–Crippen LogP) is 3.74. The van der Waals surface area contributed by atoms with Crippen LogP contribution in [0.4, 0.5) is 0 Å². The van der Waals surface area contributed by atoms with Crippen LogP contribution in [0, 0.1) is 11.8 Å². The van der Waals surface area contributed by atoms with Crippen molar-refractivity contribution in [2.75, 3.05) is 0 Å². The third-order valence-corrected chi connectivity index (χ3v) is 3.38. The molecule has 0 aromatic rings. The largest absolute Gasteiger partial charge is 0.303 e. The number of unbranched alkanes of at least 4 members (excludes halogenated alkanes) is 1. The summed E-state index contributed by atoms with van der Waals surface area (Å²) in [6, 6.07) is 0. The highest BCUT2D eigenvalue weighted by Gasteiger charge is 2.22. The van der Waals surface area contributed by atoms with Crippen molar-refractivity contribution in [2.45, 2.75) is 51.4 Å². The predicted molar refractivity (Wildman–Crippen MR) is 60.2 cm³/mol.